The van der Waals surface area contributed by atoms with E-state index in [2.05, 4.69) is 10.3 Å². The van der Waals surface area contributed by atoms with Crippen molar-refractivity contribution in [1.29, 1.82) is 0 Å². The number of aromatic nitrogens is 1. The zero-order valence-corrected chi connectivity index (χ0v) is 16.4. The van der Waals surface area contributed by atoms with Crippen molar-refractivity contribution in [2.45, 2.75) is 6.42 Å². The number of pyridine rings is 1. The number of hydrogen-bond acceptors (Lipinski definition) is 2. The fourth-order valence-corrected chi connectivity index (χ4v) is 3.55. The van der Waals surface area contributed by atoms with Crippen LogP contribution in [-0.4, -0.2) is 10.9 Å². The van der Waals surface area contributed by atoms with Gasteiger partial charge in [0, 0.05) is 11.6 Å². The average molecular weight is 399 g/mol. The van der Waals surface area contributed by atoms with Gasteiger partial charge in [0.2, 0.25) is 0 Å². The number of anilines is 1. The number of carbonyl (C=O) groups excluding carboxylic acids is 1. The summed E-state index contributed by atoms with van der Waals surface area (Å²) < 4.78 is 0. The van der Waals surface area contributed by atoms with E-state index in [0.717, 1.165) is 22.0 Å². The predicted octanol–water partition coefficient (Wildman–Crippen LogP) is 6.40. The summed E-state index contributed by atoms with van der Waals surface area (Å²) in [5, 5.41) is 4.38. The maximum Gasteiger partial charge on any atom is 0.257 e. The van der Waals surface area contributed by atoms with E-state index in [1.165, 1.54) is 0 Å². The number of fused-ring (bicyclic) bond motifs is 1. The number of allylic oxidation sites excluding steroid dienone is 1. The Morgan fingerprint density at radius 2 is 1.72 bits per heavy atom. The van der Waals surface area contributed by atoms with Crippen molar-refractivity contribution < 1.29 is 4.79 Å². The van der Waals surface area contributed by atoms with Crippen LogP contribution in [0.2, 0.25) is 5.02 Å². The molecule has 142 valence electrons. The van der Waals surface area contributed by atoms with Gasteiger partial charge in [0.15, 0.2) is 0 Å². The number of nitrogens with zero attached hydrogens (tertiary/aromatic N) is 1. The van der Waals surface area contributed by atoms with Crippen LogP contribution in [-0.2, 0) is 6.42 Å². The molecule has 0 atom stereocenters. The Morgan fingerprint density at radius 1 is 0.931 bits per heavy atom. The maximum atomic E-state index is 13.1. The lowest BCUT2D eigenvalue weighted by atomic mass is 10.0. The molecule has 0 spiro atoms. The van der Waals surface area contributed by atoms with Gasteiger partial charge in [-0.1, -0.05) is 84.4 Å². The fraction of sp³-hybridized carbons (Fsp3) is 0.0400. The first kappa shape index (κ1) is 18.9. The number of amides is 1. The molecule has 0 aliphatic rings. The van der Waals surface area contributed by atoms with E-state index in [4.69, 9.17) is 11.6 Å². The van der Waals surface area contributed by atoms with Crippen LogP contribution in [0, 0.1) is 0 Å². The molecule has 3 aromatic carbocycles. The Balaban J connectivity index is 1.60. The first-order chi connectivity index (χ1) is 14.2. The van der Waals surface area contributed by atoms with Crippen molar-refractivity contribution in [2.24, 2.45) is 0 Å². The van der Waals surface area contributed by atoms with Crippen molar-refractivity contribution in [3.8, 4) is 0 Å². The van der Waals surface area contributed by atoms with Crippen molar-refractivity contribution in [2.75, 3.05) is 5.32 Å². The minimum atomic E-state index is -0.239. The van der Waals surface area contributed by atoms with Crippen molar-refractivity contribution in [3.63, 3.8) is 0 Å². The number of para-hydroxylation sites is 1. The lowest BCUT2D eigenvalue weighted by molar-refractivity contribution is 0.102. The van der Waals surface area contributed by atoms with Crippen LogP contribution in [0.1, 0.15) is 21.5 Å². The second kappa shape index (κ2) is 8.72. The highest BCUT2D eigenvalue weighted by molar-refractivity contribution is 6.34. The normalized spacial score (nSPS) is 11.1. The predicted molar refractivity (Wildman–Crippen MR) is 120 cm³/mol. The molecule has 0 aliphatic heterocycles. The van der Waals surface area contributed by atoms with Crippen molar-refractivity contribution in [1.82, 2.24) is 4.98 Å². The zero-order valence-electron chi connectivity index (χ0n) is 15.7. The first-order valence-electron chi connectivity index (χ1n) is 9.36. The summed E-state index contributed by atoms with van der Waals surface area (Å²) in [4.78, 5) is 17.5. The molecule has 1 aromatic heterocycles. The first-order valence-corrected chi connectivity index (χ1v) is 9.74. The van der Waals surface area contributed by atoms with Crippen LogP contribution in [0.15, 0.2) is 91.1 Å². The van der Waals surface area contributed by atoms with Crippen LogP contribution < -0.4 is 5.32 Å². The molecular formula is C25H19ClN2O. The van der Waals surface area contributed by atoms with Gasteiger partial charge in [0.25, 0.3) is 5.91 Å². The molecule has 0 fully saturated rings. The van der Waals surface area contributed by atoms with Crippen LogP contribution in [0.5, 0.6) is 0 Å². The summed E-state index contributed by atoms with van der Waals surface area (Å²) in [6, 6.07) is 25.1. The number of rotatable bonds is 5. The van der Waals surface area contributed by atoms with E-state index in [1.54, 1.807) is 12.3 Å². The second-order valence-electron chi connectivity index (χ2n) is 6.63. The van der Waals surface area contributed by atoms with Gasteiger partial charge >= 0.3 is 0 Å². The fourth-order valence-electron chi connectivity index (χ4n) is 3.27. The molecule has 1 amide bonds. The summed E-state index contributed by atoms with van der Waals surface area (Å²) in [5.41, 5.74) is 3.89. The molecule has 29 heavy (non-hydrogen) atoms. The average Bonchev–Trinajstić information content (AvgIpc) is 2.75. The summed E-state index contributed by atoms with van der Waals surface area (Å²) in [6.07, 6.45) is 6.40. The summed E-state index contributed by atoms with van der Waals surface area (Å²) in [6.45, 7) is 0. The number of benzene rings is 3. The SMILES string of the molecule is O=C(Nc1cccc2cccnc12)c1c(Cl)cccc1C/C=C/c1ccccc1. The van der Waals surface area contributed by atoms with E-state index in [1.807, 2.05) is 84.9 Å². The topological polar surface area (TPSA) is 42.0 Å². The van der Waals surface area contributed by atoms with Crippen LogP contribution in [0.3, 0.4) is 0 Å². The van der Waals surface area contributed by atoms with Gasteiger partial charge in [0.1, 0.15) is 0 Å². The van der Waals surface area contributed by atoms with Gasteiger partial charge in [-0.2, -0.15) is 0 Å². The molecule has 0 saturated carbocycles. The molecule has 1 N–H and O–H groups in total. The summed E-state index contributed by atoms with van der Waals surface area (Å²) in [7, 11) is 0. The third-order valence-corrected chi connectivity index (χ3v) is 4.97. The van der Waals surface area contributed by atoms with Crippen LogP contribution in [0.25, 0.3) is 17.0 Å². The highest BCUT2D eigenvalue weighted by Crippen LogP contribution is 2.25. The van der Waals surface area contributed by atoms with E-state index in [9.17, 15) is 4.79 Å². The second-order valence-corrected chi connectivity index (χ2v) is 7.03. The van der Waals surface area contributed by atoms with Gasteiger partial charge in [0.05, 0.1) is 21.8 Å². The van der Waals surface area contributed by atoms with Gasteiger partial charge in [-0.05, 0) is 35.7 Å². The van der Waals surface area contributed by atoms with Crippen LogP contribution >= 0.6 is 11.6 Å². The standard InChI is InChI=1S/C25H19ClN2O/c26-21-15-5-12-19(11-4-10-18-8-2-1-3-9-18)23(21)25(29)28-22-16-6-13-20-14-7-17-27-24(20)22/h1-10,12-17H,11H2,(H,28,29)/b10-4+. The third kappa shape index (κ3) is 4.36. The van der Waals surface area contributed by atoms with Crippen LogP contribution in [0.4, 0.5) is 5.69 Å². The van der Waals surface area contributed by atoms with Gasteiger partial charge in [-0.25, -0.2) is 0 Å². The highest BCUT2D eigenvalue weighted by atomic mass is 35.5. The largest absolute Gasteiger partial charge is 0.320 e. The minimum Gasteiger partial charge on any atom is -0.320 e. The van der Waals surface area contributed by atoms with E-state index in [-0.39, 0.29) is 5.91 Å². The highest BCUT2D eigenvalue weighted by Gasteiger charge is 2.16. The number of hydrogen-bond donors (Lipinski definition) is 1. The Labute approximate surface area is 174 Å². The molecule has 0 unspecified atom stereocenters. The van der Waals surface area contributed by atoms with Gasteiger partial charge in [-0.15, -0.1) is 0 Å². The molecule has 3 nitrogen and oxygen atoms in total. The molecule has 0 bridgehead atoms. The summed E-state index contributed by atoms with van der Waals surface area (Å²) in [5.74, 6) is -0.239. The lowest BCUT2D eigenvalue weighted by Gasteiger charge is -2.12. The van der Waals surface area contributed by atoms with Crippen molar-refractivity contribution in [3.05, 3.63) is 113 Å². The van der Waals surface area contributed by atoms with E-state index < -0.39 is 0 Å². The molecule has 0 radical (unpaired) electrons. The van der Waals surface area contributed by atoms with Crippen molar-refractivity contribution >= 4 is 40.2 Å². The quantitative estimate of drug-likeness (QED) is 0.422. The van der Waals surface area contributed by atoms with E-state index >= 15 is 0 Å². The zero-order chi connectivity index (χ0) is 20.1. The number of nitrogens with one attached hydrogen (secondary N) is 1. The van der Waals surface area contributed by atoms with E-state index in [0.29, 0.717) is 22.7 Å². The Kier molecular flexibility index (Phi) is 5.68. The molecule has 0 aliphatic carbocycles. The molecule has 4 heteroatoms. The lowest BCUT2D eigenvalue weighted by Crippen LogP contribution is -2.15. The Morgan fingerprint density at radius 3 is 2.59 bits per heavy atom. The Bertz CT molecular complexity index is 1180. The van der Waals surface area contributed by atoms with Gasteiger partial charge < -0.3 is 5.32 Å². The monoisotopic (exact) mass is 398 g/mol. The molecule has 0 saturated heterocycles. The number of carbonyl (C=O) groups is 1. The molecular weight excluding hydrogens is 380 g/mol. The molecule has 1 heterocycles. The number of halogens is 1. The molecule has 4 aromatic rings. The minimum absolute atomic E-state index is 0.239. The summed E-state index contributed by atoms with van der Waals surface area (Å²) >= 11 is 6.40. The maximum absolute atomic E-state index is 13.1. The van der Waals surface area contributed by atoms with Gasteiger partial charge in [-0.3, -0.25) is 9.78 Å². The molecule has 4 rings (SSSR count). The smallest absolute Gasteiger partial charge is 0.257 e. The Hall–Kier alpha value is -3.43. The third-order valence-electron chi connectivity index (χ3n) is 4.66.